The fourth-order valence-corrected chi connectivity index (χ4v) is 8.20. The maximum atomic E-state index is 13.2. The third-order valence-electron chi connectivity index (χ3n) is 7.26. The second-order valence-electron chi connectivity index (χ2n) is 8.96. The smallest absolute Gasteiger partial charge is 0.261 e. The largest absolute Gasteiger partial charge is 0.277 e. The van der Waals surface area contributed by atoms with Crippen molar-refractivity contribution in [2.24, 2.45) is 0 Å². The van der Waals surface area contributed by atoms with Crippen molar-refractivity contribution >= 4 is 130 Å². The molecule has 2 heterocycles. The molecular formula is C26H10Br4N2O4. The number of benzene rings is 5. The van der Waals surface area contributed by atoms with E-state index in [1.165, 1.54) is 14.1 Å². The van der Waals surface area contributed by atoms with Gasteiger partial charge in [0.1, 0.15) is 0 Å². The van der Waals surface area contributed by atoms with Gasteiger partial charge in [-0.1, -0.05) is 63.7 Å². The van der Waals surface area contributed by atoms with Crippen LogP contribution >= 0.6 is 63.7 Å². The van der Waals surface area contributed by atoms with Gasteiger partial charge in [0, 0.05) is 97.3 Å². The summed E-state index contributed by atoms with van der Waals surface area (Å²) in [5.41, 5.74) is 1.72. The zero-order chi connectivity index (χ0) is 25.5. The van der Waals surface area contributed by atoms with Crippen molar-refractivity contribution in [3.8, 4) is 0 Å². The van der Waals surface area contributed by atoms with Gasteiger partial charge in [-0.3, -0.25) is 29.0 Å². The van der Waals surface area contributed by atoms with Crippen molar-refractivity contribution in [1.29, 1.82) is 0 Å². The summed E-state index contributed by atoms with van der Waals surface area (Å²) in [6, 6.07) is 6.98. The van der Waals surface area contributed by atoms with E-state index in [0.717, 1.165) is 42.1 Å². The van der Waals surface area contributed by atoms with E-state index >= 15 is 0 Å². The van der Waals surface area contributed by atoms with Crippen LogP contribution in [0.15, 0.2) is 42.2 Å². The van der Waals surface area contributed by atoms with Crippen molar-refractivity contribution in [2.75, 3.05) is 14.1 Å². The van der Waals surface area contributed by atoms with Crippen LogP contribution in [0, 0.1) is 0 Å². The molecule has 0 radical (unpaired) electrons. The molecule has 0 fully saturated rings. The van der Waals surface area contributed by atoms with Gasteiger partial charge in [0.2, 0.25) is 0 Å². The fraction of sp³-hybridized carbons (Fsp3) is 0.0769. The molecule has 0 saturated heterocycles. The number of fused-ring (bicyclic) bond motifs is 2. The number of nitrogens with zero attached hydrogens (tertiary/aromatic N) is 2. The first kappa shape index (κ1) is 22.8. The standard InChI is InChI=1S/C26H10Br4N2O4/c1-31-23(33)7-3-11(27)17-19-13(29)5-9-16-10(26(36)32(2)25(9)35)6-14(30)20(22(16)19)18-12(28)4-8(24(31)34)15(7)21(17)18/h3-6H,1-2H3. The summed E-state index contributed by atoms with van der Waals surface area (Å²) in [7, 11) is 2.95. The number of carbonyl (C=O) groups excluding carboxylic acids is 4. The molecule has 2 aliphatic rings. The molecule has 0 aliphatic carbocycles. The highest BCUT2D eigenvalue weighted by Gasteiger charge is 2.37. The average molecular weight is 734 g/mol. The second kappa shape index (κ2) is 7.12. The second-order valence-corrected chi connectivity index (χ2v) is 12.4. The van der Waals surface area contributed by atoms with Crippen LogP contribution < -0.4 is 0 Å². The molecule has 4 amide bonds. The maximum Gasteiger partial charge on any atom is 0.261 e. The predicted octanol–water partition coefficient (Wildman–Crippen LogP) is 7.24. The Bertz CT molecular complexity index is 1720. The average Bonchev–Trinajstić information content (AvgIpc) is 2.84. The summed E-state index contributed by atoms with van der Waals surface area (Å²) in [6.45, 7) is 0. The third kappa shape index (κ3) is 2.46. The first-order valence-electron chi connectivity index (χ1n) is 10.7. The Balaban J connectivity index is 1.89. The zero-order valence-corrected chi connectivity index (χ0v) is 24.7. The number of amides is 4. The molecule has 0 spiro atoms. The van der Waals surface area contributed by atoms with E-state index in [2.05, 4.69) is 63.7 Å². The quantitative estimate of drug-likeness (QED) is 0.0957. The van der Waals surface area contributed by atoms with Gasteiger partial charge in [0.15, 0.2) is 0 Å². The van der Waals surface area contributed by atoms with Gasteiger partial charge in [0.05, 0.1) is 0 Å². The summed E-state index contributed by atoms with van der Waals surface area (Å²) in [5.74, 6) is -1.49. The first-order chi connectivity index (χ1) is 17.0. The Labute approximate surface area is 236 Å². The molecule has 0 atom stereocenters. The number of halogens is 4. The lowest BCUT2D eigenvalue weighted by molar-refractivity contribution is 0.0635. The van der Waals surface area contributed by atoms with Gasteiger partial charge in [0.25, 0.3) is 23.6 Å². The molecule has 5 aromatic rings. The Morgan fingerprint density at radius 2 is 0.639 bits per heavy atom. The van der Waals surface area contributed by atoms with Gasteiger partial charge in [-0.05, 0) is 24.3 Å². The van der Waals surface area contributed by atoms with Crippen molar-refractivity contribution in [2.45, 2.75) is 0 Å². The lowest BCUT2D eigenvalue weighted by atomic mass is 9.82. The minimum atomic E-state index is -0.374. The highest BCUT2D eigenvalue weighted by molar-refractivity contribution is 9.11. The fourth-order valence-electron chi connectivity index (χ4n) is 5.70. The van der Waals surface area contributed by atoms with Crippen LogP contribution in [-0.2, 0) is 0 Å². The number of hydrogen-bond acceptors (Lipinski definition) is 4. The van der Waals surface area contributed by atoms with Gasteiger partial charge in [-0.25, -0.2) is 0 Å². The van der Waals surface area contributed by atoms with Gasteiger partial charge in [-0.2, -0.15) is 0 Å². The summed E-state index contributed by atoms with van der Waals surface area (Å²) in [6.07, 6.45) is 0. The van der Waals surface area contributed by atoms with E-state index in [1.54, 1.807) is 24.3 Å². The summed E-state index contributed by atoms with van der Waals surface area (Å²) < 4.78 is 2.67. The van der Waals surface area contributed by atoms with Crippen molar-refractivity contribution in [3.63, 3.8) is 0 Å². The van der Waals surface area contributed by atoms with Gasteiger partial charge in [-0.15, -0.1) is 0 Å². The Morgan fingerprint density at radius 3 is 0.861 bits per heavy atom. The minimum absolute atomic E-state index is 0.374. The SMILES string of the molecule is CN1C(=O)c2cc(Br)c3c4c(Br)cc5c6c(cc(Br)c(c7c(Br)cc(c2c37)C1=O)c64)C(=O)N(C)C5=O. The number of carbonyl (C=O) groups is 4. The molecular weight excluding hydrogens is 724 g/mol. The van der Waals surface area contributed by atoms with Crippen molar-refractivity contribution < 1.29 is 19.2 Å². The lowest BCUT2D eigenvalue weighted by Gasteiger charge is -2.29. The molecule has 0 N–H and O–H groups in total. The molecule has 176 valence electrons. The molecule has 0 bridgehead atoms. The summed E-state index contributed by atoms with van der Waals surface area (Å²) in [4.78, 5) is 54.9. The number of rotatable bonds is 0. The predicted molar refractivity (Wildman–Crippen MR) is 151 cm³/mol. The van der Waals surface area contributed by atoms with E-state index in [4.69, 9.17) is 0 Å². The van der Waals surface area contributed by atoms with Crippen molar-refractivity contribution in [1.82, 2.24) is 9.80 Å². The molecule has 0 saturated carbocycles. The highest BCUT2D eigenvalue weighted by atomic mass is 79.9. The van der Waals surface area contributed by atoms with E-state index in [-0.39, 0.29) is 23.6 Å². The highest BCUT2D eigenvalue weighted by Crippen LogP contribution is 2.53. The number of imide groups is 2. The molecule has 7 rings (SSSR count). The van der Waals surface area contributed by atoms with E-state index < -0.39 is 0 Å². The van der Waals surface area contributed by atoms with Crippen LogP contribution in [-0.4, -0.2) is 47.5 Å². The molecule has 5 aromatic carbocycles. The van der Waals surface area contributed by atoms with Crippen LogP contribution in [0.2, 0.25) is 0 Å². The van der Waals surface area contributed by atoms with Crippen LogP contribution in [0.25, 0.3) is 43.1 Å². The molecule has 0 aromatic heterocycles. The zero-order valence-electron chi connectivity index (χ0n) is 18.3. The summed E-state index contributed by atoms with van der Waals surface area (Å²) >= 11 is 14.8. The minimum Gasteiger partial charge on any atom is -0.277 e. The molecule has 2 aliphatic heterocycles. The Morgan fingerprint density at radius 1 is 0.417 bits per heavy atom. The molecule has 0 unspecified atom stereocenters. The van der Waals surface area contributed by atoms with Crippen LogP contribution in [0.1, 0.15) is 41.4 Å². The molecule has 10 heteroatoms. The van der Waals surface area contributed by atoms with Crippen molar-refractivity contribution in [3.05, 3.63) is 64.4 Å². The summed E-state index contributed by atoms with van der Waals surface area (Å²) in [5, 5.41) is 5.81. The monoisotopic (exact) mass is 730 g/mol. The van der Waals surface area contributed by atoms with E-state index in [9.17, 15) is 19.2 Å². The van der Waals surface area contributed by atoms with Gasteiger partial charge < -0.3 is 0 Å². The van der Waals surface area contributed by atoms with E-state index in [0.29, 0.717) is 50.9 Å². The van der Waals surface area contributed by atoms with Crippen LogP contribution in [0.3, 0.4) is 0 Å². The first-order valence-corrected chi connectivity index (χ1v) is 13.8. The van der Waals surface area contributed by atoms with Gasteiger partial charge >= 0.3 is 0 Å². The maximum absolute atomic E-state index is 13.2. The normalized spacial score (nSPS) is 15.6. The topological polar surface area (TPSA) is 74.8 Å². The van der Waals surface area contributed by atoms with Crippen LogP contribution in [0.5, 0.6) is 0 Å². The Hall–Kier alpha value is -2.40. The lowest BCUT2D eigenvalue weighted by Crippen LogP contribution is -2.37. The molecule has 36 heavy (non-hydrogen) atoms. The molecule has 6 nitrogen and oxygen atoms in total. The Kier molecular flexibility index (Phi) is 4.51. The van der Waals surface area contributed by atoms with Crippen LogP contribution in [0.4, 0.5) is 0 Å². The van der Waals surface area contributed by atoms with E-state index in [1.807, 2.05) is 0 Å². The number of hydrogen-bond donors (Lipinski definition) is 0. The third-order valence-corrected chi connectivity index (χ3v) is 9.76.